The van der Waals surface area contributed by atoms with Crippen molar-refractivity contribution in [3.63, 3.8) is 0 Å². The summed E-state index contributed by atoms with van der Waals surface area (Å²) < 4.78 is 2.53. The average molecular weight is 250 g/mol. The van der Waals surface area contributed by atoms with Crippen molar-refractivity contribution in [2.75, 3.05) is 11.6 Å². The monoisotopic (exact) mass is 250 g/mol. The second-order valence-corrected chi connectivity index (χ2v) is 3.30. The van der Waals surface area contributed by atoms with Crippen LogP contribution >= 0.6 is 22.6 Å². The molecular weight excluding hydrogens is 241 g/mol. The van der Waals surface area contributed by atoms with Crippen LogP contribution in [-0.4, -0.2) is 0 Å². The Kier molecular flexibility index (Phi) is 1.98. The molecule has 54 valence electrons. The van der Waals surface area contributed by atoms with Gasteiger partial charge in [-0.25, -0.2) is 0 Å². The molecule has 1 aromatic rings. The van der Waals surface area contributed by atoms with E-state index in [9.17, 15) is 0 Å². The molecule has 0 aliphatic carbocycles. The summed E-state index contributed by atoms with van der Waals surface area (Å²) in [5, 5.41) is 0. The van der Waals surface area contributed by atoms with Crippen LogP contribution in [0.5, 0.6) is 0 Å². The predicted octanol–water partition coefficient (Wildman–Crippen LogP) is 0.183. The number of rotatable bonds is 0. The number of anilines is 1. The third kappa shape index (κ3) is 1.31. The summed E-state index contributed by atoms with van der Waals surface area (Å²) in [7, 11) is 0. The minimum Gasteiger partial charge on any atom is -0.285 e. The van der Waals surface area contributed by atoms with E-state index in [1.807, 2.05) is 13.0 Å². The highest BCUT2D eigenvalue weighted by atomic mass is 127. The quantitative estimate of drug-likeness (QED) is 0.392. The summed E-state index contributed by atoms with van der Waals surface area (Å²) in [6.45, 7) is 2.00. The zero-order valence-corrected chi connectivity index (χ0v) is 7.79. The number of hydrogen-bond donors (Lipinski definition) is 2. The number of hydrogen-bond acceptors (Lipinski definition) is 2. The van der Waals surface area contributed by atoms with E-state index in [-0.39, 0.29) is 0 Å². The summed E-state index contributed by atoms with van der Waals surface area (Å²) in [5.74, 6) is 6.06. The molecule has 0 aliphatic heterocycles. The lowest BCUT2D eigenvalue weighted by Crippen LogP contribution is -2.47. The lowest BCUT2D eigenvalue weighted by atomic mass is 10.3. The summed E-state index contributed by atoms with van der Waals surface area (Å²) in [6.07, 6.45) is 1.80. The van der Waals surface area contributed by atoms with Crippen LogP contribution in [0.3, 0.4) is 0 Å². The van der Waals surface area contributed by atoms with Gasteiger partial charge in [-0.1, -0.05) is 0 Å². The maximum Gasteiger partial charge on any atom is 0.295 e. The van der Waals surface area contributed by atoms with Crippen LogP contribution < -0.4 is 16.3 Å². The number of nitrogens with zero attached hydrogens (tertiary/aromatic N) is 1. The third-order valence-corrected chi connectivity index (χ3v) is 2.42. The van der Waals surface area contributed by atoms with Crippen LogP contribution in [0.25, 0.3) is 0 Å². The summed E-state index contributed by atoms with van der Waals surface area (Å²) in [4.78, 5) is 0. The average Bonchev–Trinajstić information content (AvgIpc) is 1.84. The predicted molar refractivity (Wildman–Crippen MR) is 48.7 cm³/mol. The summed E-state index contributed by atoms with van der Waals surface area (Å²) >= 11 is 2.21. The van der Waals surface area contributed by atoms with E-state index >= 15 is 0 Å². The first-order valence-electron chi connectivity index (χ1n) is 2.83. The van der Waals surface area contributed by atoms with Crippen molar-refractivity contribution in [2.45, 2.75) is 6.92 Å². The van der Waals surface area contributed by atoms with Crippen LogP contribution in [0.15, 0.2) is 12.3 Å². The van der Waals surface area contributed by atoms with Gasteiger partial charge in [0.15, 0.2) is 0 Å². The van der Waals surface area contributed by atoms with Gasteiger partial charge in [-0.3, -0.25) is 11.6 Å². The Morgan fingerprint density at radius 1 is 1.60 bits per heavy atom. The second-order valence-electron chi connectivity index (χ2n) is 2.14. The van der Waals surface area contributed by atoms with E-state index in [1.54, 1.807) is 6.20 Å². The Morgan fingerprint density at radius 3 is 2.70 bits per heavy atom. The molecule has 0 aliphatic rings. The molecule has 4 N–H and O–H groups in total. The van der Waals surface area contributed by atoms with E-state index in [2.05, 4.69) is 22.6 Å². The molecule has 0 spiro atoms. The molecule has 1 rings (SSSR count). The van der Waals surface area contributed by atoms with Crippen molar-refractivity contribution >= 4 is 28.4 Å². The van der Waals surface area contributed by atoms with E-state index in [0.29, 0.717) is 5.82 Å². The Bertz CT molecular complexity index is 209. The van der Waals surface area contributed by atoms with Crippen molar-refractivity contribution in [1.29, 1.82) is 0 Å². The first-order valence-corrected chi connectivity index (χ1v) is 3.91. The van der Waals surface area contributed by atoms with Crippen LogP contribution in [0.2, 0.25) is 0 Å². The van der Waals surface area contributed by atoms with Gasteiger partial charge in [0.1, 0.15) is 6.20 Å². The lowest BCUT2D eigenvalue weighted by molar-refractivity contribution is -0.624. The van der Waals surface area contributed by atoms with Crippen molar-refractivity contribution in [3.8, 4) is 0 Å². The van der Waals surface area contributed by atoms with Gasteiger partial charge in [-0.05, 0) is 35.1 Å². The first kappa shape index (κ1) is 7.59. The molecule has 0 saturated carbocycles. The van der Waals surface area contributed by atoms with Crippen LogP contribution in [0.1, 0.15) is 5.56 Å². The van der Waals surface area contributed by atoms with Gasteiger partial charge in [-0.2, -0.15) is 0 Å². The Hall–Kier alpha value is -0.520. The maximum atomic E-state index is 5.52. The number of pyridine rings is 1. The van der Waals surface area contributed by atoms with Crippen molar-refractivity contribution < 1.29 is 4.68 Å². The van der Waals surface area contributed by atoms with E-state index in [1.165, 1.54) is 4.68 Å². The zero-order chi connectivity index (χ0) is 7.72. The SMILES string of the molecule is Cc1cc(N)[n+](N)cc1I. The van der Waals surface area contributed by atoms with Gasteiger partial charge < -0.3 is 0 Å². The fraction of sp³-hybridized carbons (Fsp3) is 0.167. The smallest absolute Gasteiger partial charge is 0.285 e. The van der Waals surface area contributed by atoms with Gasteiger partial charge in [0.05, 0.1) is 3.57 Å². The highest BCUT2D eigenvalue weighted by Gasteiger charge is 2.03. The Balaban J connectivity index is 3.28. The van der Waals surface area contributed by atoms with Crippen LogP contribution in [0, 0.1) is 10.5 Å². The molecule has 1 aromatic heterocycles. The zero-order valence-electron chi connectivity index (χ0n) is 5.63. The summed E-state index contributed by atoms with van der Waals surface area (Å²) in [6, 6.07) is 1.85. The molecule has 0 fully saturated rings. The standard InChI is InChI=1S/C6H8IN3/c1-4-2-6(8)10(9)3-5(4)7/h2-3,8H,9H2,1H3/p+1. The molecule has 0 aromatic carbocycles. The topological polar surface area (TPSA) is 55.9 Å². The molecule has 1 heterocycles. The lowest BCUT2D eigenvalue weighted by Gasteiger charge is -1.98. The molecule has 4 heteroatoms. The molecule has 0 radical (unpaired) electrons. The molecule has 0 saturated heterocycles. The minimum atomic E-state index is 0.581. The fourth-order valence-electron chi connectivity index (χ4n) is 0.664. The summed E-state index contributed by atoms with van der Waals surface area (Å²) in [5.41, 5.74) is 6.68. The largest absolute Gasteiger partial charge is 0.295 e. The molecule has 10 heavy (non-hydrogen) atoms. The molecule has 3 nitrogen and oxygen atoms in total. The number of halogens is 1. The minimum absolute atomic E-state index is 0.581. The third-order valence-electron chi connectivity index (χ3n) is 1.29. The van der Waals surface area contributed by atoms with E-state index in [0.717, 1.165) is 9.13 Å². The van der Waals surface area contributed by atoms with E-state index in [4.69, 9.17) is 11.6 Å². The number of aryl methyl sites for hydroxylation is 1. The molecular formula is C6H9IN3+. The molecule has 0 atom stereocenters. The number of aromatic nitrogens is 1. The molecule has 0 bridgehead atoms. The maximum absolute atomic E-state index is 5.52. The van der Waals surface area contributed by atoms with Crippen molar-refractivity contribution in [3.05, 3.63) is 21.4 Å². The first-order chi connectivity index (χ1) is 4.61. The van der Waals surface area contributed by atoms with Crippen molar-refractivity contribution in [1.82, 2.24) is 0 Å². The fourth-order valence-corrected chi connectivity index (χ4v) is 1.12. The highest BCUT2D eigenvalue weighted by molar-refractivity contribution is 14.1. The Morgan fingerprint density at radius 2 is 2.20 bits per heavy atom. The van der Waals surface area contributed by atoms with Crippen LogP contribution in [0.4, 0.5) is 5.82 Å². The van der Waals surface area contributed by atoms with Crippen LogP contribution in [-0.2, 0) is 0 Å². The van der Waals surface area contributed by atoms with Crippen molar-refractivity contribution in [2.24, 2.45) is 0 Å². The van der Waals surface area contributed by atoms with Gasteiger partial charge >= 0.3 is 0 Å². The molecule has 0 amide bonds. The van der Waals surface area contributed by atoms with Gasteiger partial charge in [0, 0.05) is 6.07 Å². The van der Waals surface area contributed by atoms with Gasteiger partial charge in [-0.15, -0.1) is 4.68 Å². The van der Waals surface area contributed by atoms with E-state index < -0.39 is 0 Å². The normalized spacial score (nSPS) is 9.80. The number of nitrogen functional groups attached to an aromatic ring is 2. The molecule has 0 unspecified atom stereocenters. The second kappa shape index (κ2) is 2.61. The number of nitrogens with two attached hydrogens (primary N) is 2. The Labute approximate surface area is 73.1 Å². The van der Waals surface area contributed by atoms with Gasteiger partial charge in [0.25, 0.3) is 5.82 Å². The van der Waals surface area contributed by atoms with Gasteiger partial charge in [0.2, 0.25) is 0 Å². The highest BCUT2D eigenvalue weighted by Crippen LogP contribution is 2.08.